The molecule has 0 radical (unpaired) electrons. The lowest BCUT2D eigenvalue weighted by Crippen LogP contribution is -2.17. The summed E-state index contributed by atoms with van der Waals surface area (Å²) >= 11 is 0. The molecule has 1 heterocycles. The Morgan fingerprint density at radius 2 is 2.00 bits per heavy atom. The maximum absolute atomic E-state index is 12.1. The number of alkyl halides is 3. The second kappa shape index (κ2) is 5.11. The van der Waals surface area contributed by atoms with Crippen molar-refractivity contribution in [1.82, 2.24) is 9.97 Å². The van der Waals surface area contributed by atoms with Gasteiger partial charge in [0.05, 0.1) is 0 Å². The van der Waals surface area contributed by atoms with Crippen molar-refractivity contribution in [2.75, 3.05) is 5.43 Å². The summed E-state index contributed by atoms with van der Waals surface area (Å²) in [5.41, 5.74) is 2.72. The zero-order valence-electron chi connectivity index (χ0n) is 9.48. The van der Waals surface area contributed by atoms with Crippen LogP contribution in [-0.2, 0) is 0 Å². The molecule has 0 aliphatic carbocycles. The van der Waals surface area contributed by atoms with E-state index in [1.54, 1.807) is 6.07 Å². The molecule has 1 aromatic heterocycles. The van der Waals surface area contributed by atoms with Gasteiger partial charge < -0.3 is 10.2 Å². The molecule has 0 bridgehead atoms. The minimum Gasteiger partial charge on any atom is -0.406 e. The second-order valence-electron chi connectivity index (χ2n) is 3.49. The molecular weight excluding hydrogens is 261 g/mol. The number of hydrogen-bond donors (Lipinski definition) is 2. The van der Waals surface area contributed by atoms with E-state index < -0.39 is 6.36 Å². The third-order valence-corrected chi connectivity index (χ3v) is 2.13. The molecule has 0 fully saturated rings. The van der Waals surface area contributed by atoms with Crippen molar-refractivity contribution >= 4 is 5.82 Å². The first-order valence-electron chi connectivity index (χ1n) is 5.14. The van der Waals surface area contributed by atoms with Gasteiger partial charge in [-0.2, -0.15) is 0 Å². The Morgan fingerprint density at radius 3 is 2.68 bits per heavy atom. The number of nitrogens with two attached hydrogens (primary N) is 1. The van der Waals surface area contributed by atoms with E-state index in [1.165, 1.54) is 30.5 Å². The summed E-state index contributed by atoms with van der Waals surface area (Å²) in [6.45, 7) is 0. The standard InChI is InChI=1S/C11H9F3N4O/c12-11(13,14)19-8-3-1-2-7(6-8)10-16-5-4-9(17-10)18-15/h1-6H,15H2,(H,16,17,18). The van der Waals surface area contributed by atoms with Crippen molar-refractivity contribution < 1.29 is 17.9 Å². The highest BCUT2D eigenvalue weighted by Crippen LogP contribution is 2.26. The number of rotatable bonds is 3. The zero-order valence-corrected chi connectivity index (χ0v) is 9.48. The topological polar surface area (TPSA) is 73.1 Å². The number of benzene rings is 1. The molecule has 2 rings (SSSR count). The van der Waals surface area contributed by atoms with Gasteiger partial charge in [0.1, 0.15) is 11.6 Å². The van der Waals surface area contributed by atoms with E-state index in [4.69, 9.17) is 5.84 Å². The maximum atomic E-state index is 12.1. The molecule has 1 aromatic carbocycles. The third kappa shape index (κ3) is 3.55. The van der Waals surface area contributed by atoms with Crippen LogP contribution >= 0.6 is 0 Å². The first-order valence-corrected chi connectivity index (χ1v) is 5.14. The highest BCUT2D eigenvalue weighted by atomic mass is 19.4. The Kier molecular flexibility index (Phi) is 3.52. The predicted molar refractivity (Wildman–Crippen MR) is 62.0 cm³/mol. The molecule has 100 valence electrons. The van der Waals surface area contributed by atoms with E-state index >= 15 is 0 Å². The lowest BCUT2D eigenvalue weighted by atomic mass is 10.2. The van der Waals surface area contributed by atoms with E-state index in [9.17, 15) is 13.2 Å². The van der Waals surface area contributed by atoms with Crippen LogP contribution in [0.3, 0.4) is 0 Å². The molecule has 0 spiro atoms. The summed E-state index contributed by atoms with van der Waals surface area (Å²) in [5, 5.41) is 0. The highest BCUT2D eigenvalue weighted by Gasteiger charge is 2.31. The summed E-state index contributed by atoms with van der Waals surface area (Å²) in [5.74, 6) is 5.46. The fraction of sp³-hybridized carbons (Fsp3) is 0.0909. The predicted octanol–water partition coefficient (Wildman–Crippen LogP) is 2.33. The van der Waals surface area contributed by atoms with Crippen LogP contribution < -0.4 is 16.0 Å². The van der Waals surface area contributed by atoms with E-state index in [1.807, 2.05) is 0 Å². The van der Waals surface area contributed by atoms with Gasteiger partial charge in [0.25, 0.3) is 0 Å². The van der Waals surface area contributed by atoms with Crippen molar-refractivity contribution in [2.24, 2.45) is 5.84 Å². The summed E-state index contributed by atoms with van der Waals surface area (Å²) in [4.78, 5) is 7.97. The number of hydrazine groups is 1. The Morgan fingerprint density at radius 1 is 1.21 bits per heavy atom. The van der Waals surface area contributed by atoms with Crippen molar-refractivity contribution in [3.05, 3.63) is 36.5 Å². The van der Waals surface area contributed by atoms with Crippen molar-refractivity contribution in [1.29, 1.82) is 0 Å². The van der Waals surface area contributed by atoms with Crippen LogP contribution in [0.2, 0.25) is 0 Å². The lowest BCUT2D eigenvalue weighted by molar-refractivity contribution is -0.274. The average molecular weight is 270 g/mol. The summed E-state index contributed by atoms with van der Waals surface area (Å²) in [6, 6.07) is 6.91. The van der Waals surface area contributed by atoms with Crippen LogP contribution in [0.15, 0.2) is 36.5 Å². The van der Waals surface area contributed by atoms with Crippen molar-refractivity contribution in [3.8, 4) is 17.1 Å². The van der Waals surface area contributed by atoms with Gasteiger partial charge in [-0.15, -0.1) is 13.2 Å². The number of anilines is 1. The molecule has 0 saturated carbocycles. The number of hydrogen-bond acceptors (Lipinski definition) is 5. The first-order chi connectivity index (χ1) is 8.98. The fourth-order valence-electron chi connectivity index (χ4n) is 1.41. The number of aromatic nitrogens is 2. The summed E-state index contributed by atoms with van der Waals surface area (Å²) in [7, 11) is 0. The minimum absolute atomic E-state index is 0.239. The van der Waals surface area contributed by atoms with Gasteiger partial charge >= 0.3 is 6.36 Å². The van der Waals surface area contributed by atoms with Crippen molar-refractivity contribution in [3.63, 3.8) is 0 Å². The maximum Gasteiger partial charge on any atom is 0.573 e. The Hall–Kier alpha value is -2.35. The Bertz CT molecular complexity index is 574. The number of halogens is 3. The van der Waals surface area contributed by atoms with Crippen LogP contribution in [0.4, 0.5) is 19.0 Å². The van der Waals surface area contributed by atoms with Crippen LogP contribution in [-0.4, -0.2) is 16.3 Å². The highest BCUT2D eigenvalue weighted by molar-refractivity contribution is 5.58. The average Bonchev–Trinajstić information content (AvgIpc) is 2.37. The molecule has 0 aliphatic heterocycles. The lowest BCUT2D eigenvalue weighted by Gasteiger charge is -2.09. The molecule has 0 unspecified atom stereocenters. The van der Waals surface area contributed by atoms with Crippen LogP contribution in [0.5, 0.6) is 5.75 Å². The van der Waals surface area contributed by atoms with E-state index in [-0.39, 0.29) is 11.6 Å². The van der Waals surface area contributed by atoms with Crippen LogP contribution in [0.1, 0.15) is 0 Å². The fourth-order valence-corrected chi connectivity index (χ4v) is 1.41. The Labute approximate surface area is 106 Å². The number of nitrogens with one attached hydrogen (secondary N) is 1. The van der Waals surface area contributed by atoms with Gasteiger partial charge in [0.2, 0.25) is 0 Å². The smallest absolute Gasteiger partial charge is 0.406 e. The van der Waals surface area contributed by atoms with Gasteiger partial charge in [0, 0.05) is 17.8 Å². The molecule has 2 aromatic rings. The molecule has 0 atom stereocenters. The molecule has 3 N–H and O–H groups in total. The Balaban J connectivity index is 2.32. The van der Waals surface area contributed by atoms with E-state index in [2.05, 4.69) is 20.1 Å². The van der Waals surface area contributed by atoms with Crippen molar-refractivity contribution in [2.45, 2.75) is 6.36 Å². The monoisotopic (exact) mass is 270 g/mol. The van der Waals surface area contributed by atoms with Gasteiger partial charge in [-0.05, 0) is 12.1 Å². The molecule has 0 saturated heterocycles. The molecular formula is C11H9F3N4O. The normalized spacial score (nSPS) is 11.2. The van der Waals surface area contributed by atoms with Gasteiger partial charge in [-0.3, -0.25) is 0 Å². The van der Waals surface area contributed by atoms with E-state index in [0.717, 1.165) is 0 Å². The summed E-state index contributed by atoms with van der Waals surface area (Å²) in [6.07, 6.45) is -3.30. The molecule has 5 nitrogen and oxygen atoms in total. The molecule has 19 heavy (non-hydrogen) atoms. The summed E-state index contributed by atoms with van der Waals surface area (Å²) < 4.78 is 40.2. The largest absolute Gasteiger partial charge is 0.573 e. The van der Waals surface area contributed by atoms with E-state index in [0.29, 0.717) is 11.4 Å². The van der Waals surface area contributed by atoms with Crippen LogP contribution in [0, 0.1) is 0 Å². The minimum atomic E-state index is -4.74. The SMILES string of the molecule is NNc1ccnc(-c2cccc(OC(F)(F)F)c2)n1. The number of nitrogens with zero attached hydrogens (tertiary/aromatic N) is 2. The van der Waals surface area contributed by atoms with Crippen LogP contribution in [0.25, 0.3) is 11.4 Å². The van der Waals surface area contributed by atoms with Gasteiger partial charge in [-0.25, -0.2) is 15.8 Å². The zero-order chi connectivity index (χ0) is 13.9. The first kappa shape index (κ1) is 13.1. The molecule has 0 aliphatic rings. The second-order valence-corrected chi connectivity index (χ2v) is 3.49. The molecule has 8 heteroatoms. The van der Waals surface area contributed by atoms with Gasteiger partial charge in [-0.1, -0.05) is 12.1 Å². The number of ether oxygens (including phenoxy) is 1. The molecule has 0 amide bonds. The number of nitrogen functional groups attached to an aromatic ring is 1. The quantitative estimate of drug-likeness (QED) is 0.661. The third-order valence-electron chi connectivity index (χ3n) is 2.13. The van der Waals surface area contributed by atoms with Gasteiger partial charge in [0.15, 0.2) is 5.82 Å².